The fourth-order valence-electron chi connectivity index (χ4n) is 4.05. The minimum Gasteiger partial charge on any atom is -0.465 e. The molecule has 0 saturated carbocycles. The van der Waals surface area contributed by atoms with E-state index in [0.717, 1.165) is 11.1 Å². The Morgan fingerprint density at radius 2 is 0.897 bits per heavy atom. The van der Waals surface area contributed by atoms with E-state index in [-0.39, 0.29) is 11.3 Å². The molecule has 39 heavy (non-hydrogen) atoms. The van der Waals surface area contributed by atoms with Crippen molar-refractivity contribution in [3.8, 4) is 39.5 Å². The Labute approximate surface area is 227 Å². The molecular formula is C32H25O6P. The highest BCUT2D eigenvalue weighted by molar-refractivity contribution is 7.49. The number of phosphoric acid groups is 1. The van der Waals surface area contributed by atoms with Crippen LogP contribution in [0.25, 0.3) is 22.3 Å². The summed E-state index contributed by atoms with van der Waals surface area (Å²) in [4.78, 5) is 12.4. The van der Waals surface area contributed by atoms with Crippen molar-refractivity contribution in [2.24, 2.45) is 0 Å². The Morgan fingerprint density at radius 1 is 0.513 bits per heavy atom. The van der Waals surface area contributed by atoms with Crippen molar-refractivity contribution in [2.75, 3.05) is 7.11 Å². The second-order valence-corrected chi connectivity index (χ2v) is 9.88. The largest absolute Gasteiger partial charge is 0.647 e. The fourth-order valence-corrected chi connectivity index (χ4v) is 5.36. The molecule has 0 N–H and O–H groups in total. The molecular weight excluding hydrogens is 511 g/mol. The second-order valence-electron chi connectivity index (χ2n) is 8.43. The van der Waals surface area contributed by atoms with Gasteiger partial charge in [-0.05, 0) is 35.4 Å². The van der Waals surface area contributed by atoms with Crippen molar-refractivity contribution in [2.45, 2.75) is 0 Å². The maximum Gasteiger partial charge on any atom is 0.647 e. The van der Waals surface area contributed by atoms with E-state index in [9.17, 15) is 9.36 Å². The van der Waals surface area contributed by atoms with Gasteiger partial charge in [-0.25, -0.2) is 4.79 Å². The van der Waals surface area contributed by atoms with Crippen LogP contribution < -0.4 is 13.6 Å². The Bertz CT molecular complexity index is 1530. The first-order chi connectivity index (χ1) is 19.1. The number of phosphoric ester groups is 1. The van der Waals surface area contributed by atoms with Gasteiger partial charge in [-0.15, -0.1) is 0 Å². The molecule has 0 aliphatic carbocycles. The predicted molar refractivity (Wildman–Crippen MR) is 151 cm³/mol. The van der Waals surface area contributed by atoms with Gasteiger partial charge in [0.15, 0.2) is 0 Å². The van der Waals surface area contributed by atoms with Gasteiger partial charge < -0.3 is 18.3 Å². The van der Waals surface area contributed by atoms with Crippen molar-refractivity contribution in [1.29, 1.82) is 0 Å². The number of hydrogen-bond donors (Lipinski definition) is 0. The Morgan fingerprint density at radius 3 is 1.38 bits per heavy atom. The summed E-state index contributed by atoms with van der Waals surface area (Å²) in [5, 5.41) is 0. The van der Waals surface area contributed by atoms with Gasteiger partial charge in [0.05, 0.1) is 7.11 Å². The Balaban J connectivity index is 1.60. The van der Waals surface area contributed by atoms with Crippen molar-refractivity contribution in [3.05, 3.63) is 139 Å². The smallest absolute Gasteiger partial charge is 0.465 e. The van der Waals surface area contributed by atoms with Gasteiger partial charge in [-0.3, -0.25) is 0 Å². The van der Waals surface area contributed by atoms with Gasteiger partial charge in [0.25, 0.3) is 0 Å². The number of carbonyl (C=O) groups excluding carboxylic acids is 1. The van der Waals surface area contributed by atoms with E-state index in [2.05, 4.69) is 0 Å². The zero-order valence-electron chi connectivity index (χ0n) is 21.1. The normalized spacial score (nSPS) is 10.9. The lowest BCUT2D eigenvalue weighted by Crippen LogP contribution is -2.11. The van der Waals surface area contributed by atoms with E-state index < -0.39 is 13.8 Å². The van der Waals surface area contributed by atoms with Crippen molar-refractivity contribution in [1.82, 2.24) is 0 Å². The van der Waals surface area contributed by atoms with E-state index in [1.54, 1.807) is 36.4 Å². The SMILES string of the molecule is COC(=O)c1ccccc1OP(=O)(Oc1ccccc1-c1ccccc1)Oc1ccccc1-c1ccccc1. The van der Waals surface area contributed by atoms with Gasteiger partial charge in [-0.1, -0.05) is 109 Å². The number of para-hydroxylation sites is 3. The molecule has 0 amide bonds. The summed E-state index contributed by atoms with van der Waals surface area (Å²) in [6.07, 6.45) is 0. The first kappa shape index (κ1) is 25.8. The van der Waals surface area contributed by atoms with Gasteiger partial charge in [0, 0.05) is 11.1 Å². The first-order valence-electron chi connectivity index (χ1n) is 12.2. The summed E-state index contributed by atoms with van der Waals surface area (Å²) < 4.78 is 37.6. The van der Waals surface area contributed by atoms with Gasteiger partial charge in [0.2, 0.25) is 0 Å². The molecule has 0 aliphatic rings. The number of methoxy groups -OCH3 is 1. The minimum atomic E-state index is -4.46. The topological polar surface area (TPSA) is 71.1 Å². The van der Waals surface area contributed by atoms with Crippen molar-refractivity contribution >= 4 is 13.8 Å². The third kappa shape index (κ3) is 6.03. The zero-order valence-corrected chi connectivity index (χ0v) is 22.0. The van der Waals surface area contributed by atoms with Crippen LogP contribution in [0.5, 0.6) is 17.2 Å². The molecule has 0 saturated heterocycles. The minimum absolute atomic E-state index is 0.00191. The summed E-state index contributed by atoms with van der Waals surface area (Å²) in [5.74, 6) is -0.0619. The third-order valence-corrected chi connectivity index (χ3v) is 7.13. The van der Waals surface area contributed by atoms with Crippen LogP contribution in [0, 0.1) is 0 Å². The van der Waals surface area contributed by atoms with Crippen LogP contribution in [0.4, 0.5) is 0 Å². The van der Waals surface area contributed by atoms with E-state index in [4.69, 9.17) is 18.3 Å². The quantitative estimate of drug-likeness (QED) is 0.139. The Kier molecular flexibility index (Phi) is 7.76. The summed E-state index contributed by atoms with van der Waals surface area (Å²) in [6, 6.07) is 39.8. The maximum atomic E-state index is 14.5. The van der Waals surface area contributed by atoms with Gasteiger partial charge in [-0.2, -0.15) is 4.57 Å². The molecule has 0 aromatic heterocycles. The predicted octanol–water partition coefficient (Wildman–Crippen LogP) is 8.45. The molecule has 5 rings (SSSR count). The molecule has 0 atom stereocenters. The van der Waals surface area contributed by atoms with E-state index in [1.807, 2.05) is 84.9 Å². The average molecular weight is 537 g/mol. The molecule has 0 bridgehead atoms. The molecule has 0 heterocycles. The maximum absolute atomic E-state index is 14.5. The molecule has 5 aromatic carbocycles. The monoisotopic (exact) mass is 536 g/mol. The molecule has 0 aliphatic heterocycles. The van der Waals surface area contributed by atoms with Gasteiger partial charge >= 0.3 is 13.8 Å². The summed E-state index contributed by atoms with van der Waals surface area (Å²) in [5.41, 5.74) is 3.20. The molecule has 0 unspecified atom stereocenters. The van der Waals surface area contributed by atoms with Crippen LogP contribution in [0.1, 0.15) is 10.4 Å². The number of rotatable bonds is 9. The van der Waals surface area contributed by atoms with Crippen LogP contribution in [-0.4, -0.2) is 13.1 Å². The highest BCUT2D eigenvalue weighted by Crippen LogP contribution is 2.53. The van der Waals surface area contributed by atoms with Crippen molar-refractivity contribution < 1.29 is 27.7 Å². The van der Waals surface area contributed by atoms with E-state index in [1.165, 1.54) is 19.2 Å². The van der Waals surface area contributed by atoms with Crippen LogP contribution in [0.2, 0.25) is 0 Å². The lowest BCUT2D eigenvalue weighted by molar-refractivity contribution is 0.0598. The second kappa shape index (κ2) is 11.7. The fraction of sp³-hybridized carbons (Fsp3) is 0.0312. The standard InChI is InChI=1S/C32H25O6P/c1-35-32(33)28-20-10-13-23-31(28)38-39(34,36-29-21-11-8-18-26(29)24-14-4-2-5-15-24)37-30-22-12-9-19-27(30)25-16-6-3-7-17-25/h2-23H,1H3. The first-order valence-corrected chi connectivity index (χ1v) is 13.7. The van der Waals surface area contributed by atoms with Crippen LogP contribution in [0.3, 0.4) is 0 Å². The zero-order chi connectivity index (χ0) is 27.1. The third-order valence-electron chi connectivity index (χ3n) is 5.87. The highest BCUT2D eigenvalue weighted by atomic mass is 31.2. The van der Waals surface area contributed by atoms with Crippen LogP contribution >= 0.6 is 7.82 Å². The summed E-state index contributed by atoms with van der Waals surface area (Å²) in [6.45, 7) is 0. The number of esters is 1. The van der Waals surface area contributed by atoms with Crippen LogP contribution in [-0.2, 0) is 9.30 Å². The summed E-state index contributed by atoms with van der Waals surface area (Å²) in [7, 11) is -3.20. The molecule has 0 radical (unpaired) electrons. The molecule has 0 spiro atoms. The number of ether oxygens (including phenoxy) is 1. The summed E-state index contributed by atoms with van der Waals surface area (Å²) >= 11 is 0. The molecule has 7 heteroatoms. The molecule has 0 fully saturated rings. The van der Waals surface area contributed by atoms with Crippen LogP contribution in [0.15, 0.2) is 133 Å². The lowest BCUT2D eigenvalue weighted by Gasteiger charge is -2.23. The molecule has 5 aromatic rings. The highest BCUT2D eigenvalue weighted by Gasteiger charge is 2.36. The van der Waals surface area contributed by atoms with E-state index >= 15 is 0 Å². The number of hydrogen-bond acceptors (Lipinski definition) is 6. The average Bonchev–Trinajstić information content (AvgIpc) is 2.98. The number of carbonyl (C=O) groups is 1. The van der Waals surface area contributed by atoms with Gasteiger partial charge in [0.1, 0.15) is 22.8 Å². The number of benzene rings is 5. The molecule has 6 nitrogen and oxygen atoms in total. The lowest BCUT2D eigenvalue weighted by atomic mass is 10.1. The van der Waals surface area contributed by atoms with Crippen molar-refractivity contribution in [3.63, 3.8) is 0 Å². The Hall–Kier alpha value is -4.80. The van der Waals surface area contributed by atoms with E-state index in [0.29, 0.717) is 22.6 Å². The molecule has 194 valence electrons.